The fraction of sp³-hybridized carbons (Fsp3) is 0.0769. The van der Waals surface area contributed by atoms with E-state index in [0.29, 0.717) is 0 Å². The minimum absolute atomic E-state index is 0.117. The molecule has 0 N–H and O–H groups in total. The minimum Gasteiger partial charge on any atom is -0.205 e. The van der Waals surface area contributed by atoms with Gasteiger partial charge >= 0.3 is 0 Å². The molecule has 0 fully saturated rings. The van der Waals surface area contributed by atoms with Crippen LogP contribution in [0.3, 0.4) is 0 Å². The highest BCUT2D eigenvalue weighted by Gasteiger charge is 2.09. The predicted molar refractivity (Wildman–Crippen MR) is 64.0 cm³/mol. The molecule has 0 saturated carbocycles. The zero-order chi connectivity index (χ0) is 10.4. The second-order valence-electron chi connectivity index (χ2n) is 3.67. The van der Waals surface area contributed by atoms with Crippen molar-refractivity contribution >= 4 is 31.5 Å². The van der Waals surface area contributed by atoms with Crippen LogP contribution < -0.4 is 0 Å². The van der Waals surface area contributed by atoms with Gasteiger partial charge in [0, 0.05) is 15.5 Å². The standard InChI is InChI=1S/C13H9FS/c1-8-4-2-7-11-12(8)9-5-3-6-10(14)13(9)15-11/h2-7H,1H3. The van der Waals surface area contributed by atoms with Crippen molar-refractivity contribution in [3.8, 4) is 0 Å². The van der Waals surface area contributed by atoms with E-state index in [2.05, 4.69) is 13.0 Å². The number of benzene rings is 2. The lowest BCUT2D eigenvalue weighted by Gasteiger charge is -1.96. The van der Waals surface area contributed by atoms with Crippen LogP contribution in [0.2, 0.25) is 0 Å². The average Bonchev–Trinajstić information content (AvgIpc) is 2.59. The molecule has 74 valence electrons. The Morgan fingerprint density at radius 2 is 1.87 bits per heavy atom. The van der Waals surface area contributed by atoms with Crippen LogP contribution >= 0.6 is 11.3 Å². The lowest BCUT2D eigenvalue weighted by molar-refractivity contribution is 0.642. The highest BCUT2D eigenvalue weighted by Crippen LogP contribution is 2.36. The first-order chi connectivity index (χ1) is 7.27. The Morgan fingerprint density at radius 3 is 2.73 bits per heavy atom. The second-order valence-corrected chi connectivity index (χ2v) is 4.72. The number of rotatable bonds is 0. The van der Waals surface area contributed by atoms with Crippen molar-refractivity contribution in [3.63, 3.8) is 0 Å². The van der Waals surface area contributed by atoms with E-state index < -0.39 is 0 Å². The van der Waals surface area contributed by atoms with Gasteiger partial charge in [-0.15, -0.1) is 11.3 Å². The van der Waals surface area contributed by atoms with E-state index >= 15 is 0 Å². The molecule has 0 amide bonds. The summed E-state index contributed by atoms with van der Waals surface area (Å²) in [5.74, 6) is -0.117. The summed E-state index contributed by atoms with van der Waals surface area (Å²) in [6.45, 7) is 2.07. The fourth-order valence-corrected chi connectivity index (χ4v) is 3.18. The first-order valence-corrected chi connectivity index (χ1v) is 5.65. The Bertz CT molecular complexity index is 652. The lowest BCUT2D eigenvalue weighted by Crippen LogP contribution is -1.74. The van der Waals surface area contributed by atoms with Crippen molar-refractivity contribution in [3.05, 3.63) is 47.8 Å². The first-order valence-electron chi connectivity index (χ1n) is 4.84. The van der Waals surface area contributed by atoms with Gasteiger partial charge in [-0.2, -0.15) is 0 Å². The Morgan fingerprint density at radius 1 is 1.07 bits per heavy atom. The summed E-state index contributed by atoms with van der Waals surface area (Å²) in [6.07, 6.45) is 0. The van der Waals surface area contributed by atoms with Crippen LogP contribution in [0.1, 0.15) is 5.56 Å². The van der Waals surface area contributed by atoms with E-state index in [9.17, 15) is 4.39 Å². The van der Waals surface area contributed by atoms with Gasteiger partial charge in [-0.1, -0.05) is 24.3 Å². The van der Waals surface area contributed by atoms with Gasteiger partial charge in [0.15, 0.2) is 0 Å². The molecule has 0 nitrogen and oxygen atoms in total. The molecule has 15 heavy (non-hydrogen) atoms. The molecule has 0 aliphatic rings. The molecular weight excluding hydrogens is 207 g/mol. The zero-order valence-corrected chi connectivity index (χ0v) is 9.07. The maximum atomic E-state index is 13.6. The van der Waals surface area contributed by atoms with Crippen LogP contribution in [0.5, 0.6) is 0 Å². The number of fused-ring (bicyclic) bond motifs is 3. The molecule has 1 aromatic heterocycles. The van der Waals surface area contributed by atoms with Gasteiger partial charge < -0.3 is 0 Å². The Hall–Kier alpha value is -1.41. The van der Waals surface area contributed by atoms with E-state index in [-0.39, 0.29) is 5.82 Å². The third-order valence-corrected chi connectivity index (χ3v) is 3.86. The number of aryl methyl sites for hydroxylation is 1. The average molecular weight is 216 g/mol. The predicted octanol–water partition coefficient (Wildman–Crippen LogP) is 4.50. The third-order valence-electron chi connectivity index (χ3n) is 2.68. The van der Waals surface area contributed by atoms with Crippen LogP contribution in [-0.2, 0) is 0 Å². The molecule has 0 aliphatic heterocycles. The highest BCUT2D eigenvalue weighted by molar-refractivity contribution is 7.25. The zero-order valence-electron chi connectivity index (χ0n) is 8.25. The molecule has 0 saturated heterocycles. The highest BCUT2D eigenvalue weighted by atomic mass is 32.1. The molecule has 0 atom stereocenters. The van der Waals surface area contributed by atoms with Crippen molar-refractivity contribution in [2.24, 2.45) is 0 Å². The fourth-order valence-electron chi connectivity index (χ4n) is 1.99. The summed E-state index contributed by atoms with van der Waals surface area (Å²) in [4.78, 5) is 0. The van der Waals surface area contributed by atoms with Crippen LogP contribution in [-0.4, -0.2) is 0 Å². The van der Waals surface area contributed by atoms with E-state index in [0.717, 1.165) is 14.8 Å². The minimum atomic E-state index is -0.117. The van der Waals surface area contributed by atoms with E-state index in [4.69, 9.17) is 0 Å². The molecule has 3 aromatic rings. The van der Waals surface area contributed by atoms with Gasteiger partial charge in [0.1, 0.15) is 5.82 Å². The second kappa shape index (κ2) is 3.04. The quantitative estimate of drug-likeness (QED) is 0.519. The number of hydrogen-bond donors (Lipinski definition) is 0. The normalized spacial score (nSPS) is 11.3. The Balaban J connectivity index is 2.65. The largest absolute Gasteiger partial charge is 0.205 e. The molecule has 0 bridgehead atoms. The SMILES string of the molecule is Cc1cccc2sc3c(F)cccc3c12. The van der Waals surface area contributed by atoms with E-state index in [1.807, 2.05) is 18.2 Å². The van der Waals surface area contributed by atoms with E-state index in [1.54, 1.807) is 6.07 Å². The van der Waals surface area contributed by atoms with Crippen molar-refractivity contribution in [1.82, 2.24) is 0 Å². The summed E-state index contributed by atoms with van der Waals surface area (Å²) in [7, 11) is 0. The van der Waals surface area contributed by atoms with Gasteiger partial charge in [0.2, 0.25) is 0 Å². The maximum Gasteiger partial charge on any atom is 0.141 e. The molecule has 0 aliphatic carbocycles. The molecule has 0 unspecified atom stereocenters. The molecule has 1 heterocycles. The van der Waals surface area contributed by atoms with Gasteiger partial charge in [0.25, 0.3) is 0 Å². The summed E-state index contributed by atoms with van der Waals surface area (Å²) >= 11 is 1.53. The molecule has 0 spiro atoms. The smallest absolute Gasteiger partial charge is 0.141 e. The maximum absolute atomic E-state index is 13.6. The van der Waals surface area contributed by atoms with Crippen molar-refractivity contribution < 1.29 is 4.39 Å². The van der Waals surface area contributed by atoms with Gasteiger partial charge in [-0.25, -0.2) is 4.39 Å². The van der Waals surface area contributed by atoms with Crippen LogP contribution in [0, 0.1) is 12.7 Å². The Labute approximate surface area is 91.0 Å². The summed E-state index contributed by atoms with van der Waals surface area (Å²) in [5, 5.41) is 2.23. The number of hydrogen-bond acceptors (Lipinski definition) is 1. The van der Waals surface area contributed by atoms with Gasteiger partial charge in [-0.05, 0) is 24.6 Å². The lowest BCUT2D eigenvalue weighted by atomic mass is 10.1. The van der Waals surface area contributed by atoms with Gasteiger partial charge in [0.05, 0.1) is 4.70 Å². The summed E-state index contributed by atoms with van der Waals surface area (Å²) < 4.78 is 15.5. The number of thiophene rings is 1. The summed E-state index contributed by atoms with van der Waals surface area (Å²) in [5.41, 5.74) is 1.21. The monoisotopic (exact) mass is 216 g/mol. The van der Waals surface area contributed by atoms with Crippen LogP contribution in [0.25, 0.3) is 20.2 Å². The first kappa shape index (κ1) is 8.86. The topological polar surface area (TPSA) is 0 Å². The number of halogens is 1. The van der Waals surface area contributed by atoms with Gasteiger partial charge in [-0.3, -0.25) is 0 Å². The Kier molecular flexibility index (Phi) is 1.80. The third kappa shape index (κ3) is 1.18. The molecule has 2 aromatic carbocycles. The van der Waals surface area contributed by atoms with Crippen molar-refractivity contribution in [1.29, 1.82) is 0 Å². The summed E-state index contributed by atoms with van der Waals surface area (Å²) in [6, 6.07) is 11.4. The molecule has 3 rings (SSSR count). The van der Waals surface area contributed by atoms with E-state index in [1.165, 1.54) is 28.4 Å². The molecule has 0 radical (unpaired) electrons. The molecule has 2 heteroatoms. The molecular formula is C13H9FS. The van der Waals surface area contributed by atoms with Crippen LogP contribution in [0.4, 0.5) is 4.39 Å². The van der Waals surface area contributed by atoms with Crippen molar-refractivity contribution in [2.75, 3.05) is 0 Å². The van der Waals surface area contributed by atoms with Crippen molar-refractivity contribution in [2.45, 2.75) is 6.92 Å². The van der Waals surface area contributed by atoms with Crippen LogP contribution in [0.15, 0.2) is 36.4 Å².